The number of nitrogens with zero attached hydrogens (tertiary/aromatic N) is 1. The van der Waals surface area contributed by atoms with Gasteiger partial charge in [-0.3, -0.25) is 14.5 Å². The molecule has 0 atom stereocenters. The molecule has 1 aliphatic rings. The van der Waals surface area contributed by atoms with E-state index in [2.05, 4.69) is 15.5 Å². The molecule has 1 aliphatic heterocycles. The van der Waals surface area contributed by atoms with E-state index in [0.29, 0.717) is 18.8 Å². The van der Waals surface area contributed by atoms with E-state index < -0.39 is 0 Å². The van der Waals surface area contributed by atoms with Crippen molar-refractivity contribution in [1.82, 2.24) is 15.5 Å². The summed E-state index contributed by atoms with van der Waals surface area (Å²) in [6, 6.07) is 5.66. The Morgan fingerprint density at radius 3 is 2.52 bits per heavy atom. The number of nitrogens with one attached hydrogen (secondary N) is 2. The van der Waals surface area contributed by atoms with E-state index in [-0.39, 0.29) is 30.3 Å². The Bertz CT molecular complexity index is 557. The maximum Gasteiger partial charge on any atom is 0.258 e. The van der Waals surface area contributed by atoms with E-state index in [1.165, 1.54) is 24.3 Å². The van der Waals surface area contributed by atoms with Gasteiger partial charge in [-0.1, -0.05) is 6.92 Å². The molecule has 1 fully saturated rings. The number of likely N-dealkylation sites (tertiary alicyclic amines) is 1. The molecule has 2 amide bonds. The zero-order chi connectivity index (χ0) is 18.1. The molecular weight excluding hydrogens is 325 g/mol. The number of carbonyl (C=O) groups is 2. The van der Waals surface area contributed by atoms with E-state index in [1.54, 1.807) is 0 Å². The molecule has 2 N–H and O–H groups in total. The van der Waals surface area contributed by atoms with Crippen molar-refractivity contribution in [2.45, 2.75) is 32.2 Å². The maximum atomic E-state index is 12.8. The fraction of sp³-hybridized carbons (Fsp3) is 0.556. The fourth-order valence-electron chi connectivity index (χ4n) is 2.71. The molecule has 25 heavy (non-hydrogen) atoms. The van der Waals surface area contributed by atoms with Gasteiger partial charge in [0.2, 0.25) is 5.91 Å². The van der Waals surface area contributed by atoms with Crippen LogP contribution in [0.4, 0.5) is 4.39 Å². The van der Waals surface area contributed by atoms with Gasteiger partial charge in [0.05, 0.1) is 6.54 Å². The van der Waals surface area contributed by atoms with Crippen LogP contribution in [0.3, 0.4) is 0 Å². The molecule has 1 aromatic carbocycles. The van der Waals surface area contributed by atoms with Crippen LogP contribution in [0.15, 0.2) is 24.3 Å². The zero-order valence-electron chi connectivity index (χ0n) is 14.6. The van der Waals surface area contributed by atoms with Crippen molar-refractivity contribution in [3.05, 3.63) is 30.1 Å². The predicted molar refractivity (Wildman–Crippen MR) is 92.8 cm³/mol. The summed E-state index contributed by atoms with van der Waals surface area (Å²) in [5.41, 5.74) is 0. The first-order valence-corrected chi connectivity index (χ1v) is 8.73. The van der Waals surface area contributed by atoms with Crippen LogP contribution in [-0.4, -0.2) is 55.5 Å². The topological polar surface area (TPSA) is 70.7 Å². The standard InChI is InChI=1S/C18H26FN3O3/c1-2-9-20-17(23)12-22-10-7-15(8-11-22)21-18(24)13-25-16-5-3-14(19)4-6-16/h3-6,15H,2,7-13H2,1H3,(H,20,23)(H,21,24). The summed E-state index contributed by atoms with van der Waals surface area (Å²) in [7, 11) is 0. The third-order valence-electron chi connectivity index (χ3n) is 4.08. The maximum absolute atomic E-state index is 12.8. The molecule has 0 saturated carbocycles. The number of piperidine rings is 1. The van der Waals surface area contributed by atoms with Crippen molar-refractivity contribution >= 4 is 11.8 Å². The molecule has 6 nitrogen and oxygen atoms in total. The predicted octanol–water partition coefficient (Wildman–Crippen LogP) is 1.31. The SMILES string of the molecule is CCCNC(=O)CN1CCC(NC(=O)COc2ccc(F)cc2)CC1. The minimum atomic E-state index is -0.341. The number of hydrogen-bond acceptors (Lipinski definition) is 4. The number of hydrogen-bond donors (Lipinski definition) is 2. The van der Waals surface area contributed by atoms with Crippen molar-refractivity contribution in [1.29, 1.82) is 0 Å². The Balaban J connectivity index is 1.63. The van der Waals surface area contributed by atoms with Crippen LogP contribution in [0.1, 0.15) is 26.2 Å². The van der Waals surface area contributed by atoms with E-state index in [0.717, 1.165) is 32.4 Å². The molecule has 0 aliphatic carbocycles. The summed E-state index contributed by atoms with van der Waals surface area (Å²) >= 11 is 0. The third-order valence-corrected chi connectivity index (χ3v) is 4.08. The molecular formula is C18H26FN3O3. The van der Waals surface area contributed by atoms with E-state index >= 15 is 0 Å². The number of amides is 2. The van der Waals surface area contributed by atoms with E-state index in [9.17, 15) is 14.0 Å². The molecule has 0 radical (unpaired) electrons. The van der Waals surface area contributed by atoms with Crippen molar-refractivity contribution < 1.29 is 18.7 Å². The van der Waals surface area contributed by atoms with Crippen LogP contribution in [0.25, 0.3) is 0 Å². The largest absolute Gasteiger partial charge is 0.484 e. The van der Waals surface area contributed by atoms with Crippen LogP contribution in [0, 0.1) is 5.82 Å². The Hall–Kier alpha value is -2.15. The van der Waals surface area contributed by atoms with Crippen molar-refractivity contribution in [3.63, 3.8) is 0 Å². The lowest BCUT2D eigenvalue weighted by molar-refractivity contribution is -0.125. The van der Waals surface area contributed by atoms with Crippen LogP contribution in [0.5, 0.6) is 5.75 Å². The molecule has 138 valence electrons. The Kier molecular flexibility index (Phi) is 7.66. The minimum Gasteiger partial charge on any atom is -0.484 e. The van der Waals surface area contributed by atoms with Crippen molar-refractivity contribution in [2.24, 2.45) is 0 Å². The number of benzene rings is 1. The molecule has 1 heterocycles. The molecule has 7 heteroatoms. The first-order valence-electron chi connectivity index (χ1n) is 8.73. The summed E-state index contributed by atoms with van der Waals surface area (Å²) in [5, 5.41) is 5.81. The number of carbonyl (C=O) groups excluding carboxylic acids is 2. The summed E-state index contributed by atoms with van der Waals surface area (Å²) < 4.78 is 18.1. The number of rotatable bonds is 8. The lowest BCUT2D eigenvalue weighted by atomic mass is 10.1. The second-order valence-electron chi connectivity index (χ2n) is 6.21. The van der Waals surface area contributed by atoms with Crippen molar-refractivity contribution in [3.8, 4) is 5.75 Å². The Morgan fingerprint density at radius 2 is 1.88 bits per heavy atom. The van der Waals surface area contributed by atoms with Crippen LogP contribution in [0.2, 0.25) is 0 Å². The highest BCUT2D eigenvalue weighted by Crippen LogP contribution is 2.12. The molecule has 0 aromatic heterocycles. The lowest BCUT2D eigenvalue weighted by Gasteiger charge is -2.31. The van der Waals surface area contributed by atoms with Gasteiger partial charge in [0, 0.05) is 25.7 Å². The lowest BCUT2D eigenvalue weighted by Crippen LogP contribution is -2.48. The normalized spacial score (nSPS) is 15.6. The van der Waals surface area contributed by atoms with Crippen LogP contribution >= 0.6 is 0 Å². The minimum absolute atomic E-state index is 0.0528. The van der Waals surface area contributed by atoms with Gasteiger partial charge in [-0.25, -0.2) is 4.39 Å². The zero-order valence-corrected chi connectivity index (χ0v) is 14.6. The first kappa shape index (κ1) is 19.2. The quantitative estimate of drug-likeness (QED) is 0.741. The average Bonchev–Trinajstić information content (AvgIpc) is 2.61. The molecule has 1 aromatic rings. The summed E-state index contributed by atoms with van der Waals surface area (Å²) in [5.74, 6) is -0.0168. The van der Waals surface area contributed by atoms with Crippen LogP contribution < -0.4 is 15.4 Å². The summed E-state index contributed by atoms with van der Waals surface area (Å²) in [6.07, 6.45) is 2.55. The summed E-state index contributed by atoms with van der Waals surface area (Å²) in [4.78, 5) is 25.7. The van der Waals surface area contributed by atoms with Crippen molar-refractivity contribution in [2.75, 3.05) is 32.8 Å². The molecule has 0 unspecified atom stereocenters. The summed E-state index contributed by atoms with van der Waals surface area (Å²) in [6.45, 7) is 4.61. The Morgan fingerprint density at radius 1 is 1.20 bits per heavy atom. The van der Waals surface area contributed by atoms with Gasteiger partial charge < -0.3 is 15.4 Å². The van der Waals surface area contributed by atoms with Gasteiger partial charge in [0.25, 0.3) is 5.91 Å². The van der Waals surface area contributed by atoms with Gasteiger partial charge in [-0.2, -0.15) is 0 Å². The Labute approximate surface area is 147 Å². The third kappa shape index (κ3) is 7.09. The van der Waals surface area contributed by atoms with Gasteiger partial charge in [0.15, 0.2) is 6.61 Å². The van der Waals surface area contributed by atoms with Gasteiger partial charge in [0.1, 0.15) is 11.6 Å². The molecule has 2 rings (SSSR count). The number of ether oxygens (including phenoxy) is 1. The second-order valence-corrected chi connectivity index (χ2v) is 6.21. The monoisotopic (exact) mass is 351 g/mol. The highest BCUT2D eigenvalue weighted by atomic mass is 19.1. The van der Waals surface area contributed by atoms with Crippen LogP contribution in [-0.2, 0) is 9.59 Å². The fourth-order valence-corrected chi connectivity index (χ4v) is 2.71. The average molecular weight is 351 g/mol. The smallest absolute Gasteiger partial charge is 0.258 e. The molecule has 1 saturated heterocycles. The highest BCUT2D eigenvalue weighted by Gasteiger charge is 2.22. The van der Waals surface area contributed by atoms with E-state index in [4.69, 9.17) is 4.74 Å². The highest BCUT2D eigenvalue weighted by molar-refractivity contribution is 5.78. The first-order chi connectivity index (χ1) is 12.1. The second kappa shape index (κ2) is 9.98. The molecule has 0 spiro atoms. The van der Waals surface area contributed by atoms with Gasteiger partial charge >= 0.3 is 0 Å². The molecule has 0 bridgehead atoms. The van der Waals surface area contributed by atoms with Gasteiger partial charge in [-0.15, -0.1) is 0 Å². The van der Waals surface area contributed by atoms with Gasteiger partial charge in [-0.05, 0) is 43.5 Å². The van der Waals surface area contributed by atoms with E-state index in [1.807, 2.05) is 6.92 Å². The number of halogens is 1.